The maximum absolute atomic E-state index is 12.7. The summed E-state index contributed by atoms with van der Waals surface area (Å²) in [5, 5.41) is 1.37. The van der Waals surface area contributed by atoms with E-state index < -0.39 is 0 Å². The van der Waals surface area contributed by atoms with E-state index in [9.17, 15) is 4.79 Å². The van der Waals surface area contributed by atoms with Gasteiger partial charge in [0.2, 0.25) is 0 Å². The van der Waals surface area contributed by atoms with Crippen LogP contribution in [-0.4, -0.2) is 29.5 Å². The Morgan fingerprint density at radius 1 is 1.08 bits per heavy atom. The van der Waals surface area contributed by atoms with Gasteiger partial charge in [0.1, 0.15) is 0 Å². The van der Waals surface area contributed by atoms with Crippen LogP contribution >= 0.6 is 24.0 Å². The number of rotatable bonds is 5. The largest absolute Gasteiger partial charge is 0.493 e. The van der Waals surface area contributed by atoms with Crippen molar-refractivity contribution in [3.63, 3.8) is 0 Å². The molecule has 1 aliphatic rings. The molecule has 1 amide bonds. The van der Waals surface area contributed by atoms with E-state index in [0.29, 0.717) is 20.7 Å². The van der Waals surface area contributed by atoms with Crippen molar-refractivity contribution in [3.05, 3.63) is 59.0 Å². The molecule has 3 rings (SSSR count). The number of carbonyl (C=O) groups excluding carboxylic acids is 1. The number of methoxy groups -OCH3 is 2. The van der Waals surface area contributed by atoms with Crippen LogP contribution in [0.2, 0.25) is 0 Å². The van der Waals surface area contributed by atoms with E-state index >= 15 is 0 Å². The average molecular weight is 372 g/mol. The van der Waals surface area contributed by atoms with Gasteiger partial charge < -0.3 is 9.47 Å². The molecule has 7 heteroatoms. The fourth-order valence-corrected chi connectivity index (χ4v) is 3.54. The normalized spacial score (nSPS) is 15.6. The van der Waals surface area contributed by atoms with E-state index in [1.54, 1.807) is 26.4 Å². The number of thiocarbonyl (C=S) groups is 1. The molecule has 0 radical (unpaired) electrons. The highest BCUT2D eigenvalue weighted by molar-refractivity contribution is 8.26. The molecule has 1 aliphatic heterocycles. The lowest BCUT2D eigenvalue weighted by molar-refractivity contribution is -0.121. The Kier molecular flexibility index (Phi) is 5.25. The predicted octanol–water partition coefficient (Wildman–Crippen LogP) is 3.93. The van der Waals surface area contributed by atoms with Gasteiger partial charge in [0.15, 0.2) is 15.8 Å². The Morgan fingerprint density at radius 3 is 2.52 bits per heavy atom. The van der Waals surface area contributed by atoms with E-state index in [1.807, 2.05) is 42.5 Å². The minimum Gasteiger partial charge on any atom is -0.493 e. The summed E-state index contributed by atoms with van der Waals surface area (Å²) < 4.78 is 11.2. The molecule has 2 aromatic rings. The Morgan fingerprint density at radius 2 is 1.84 bits per heavy atom. The van der Waals surface area contributed by atoms with Crippen LogP contribution in [0.1, 0.15) is 5.56 Å². The van der Waals surface area contributed by atoms with Crippen molar-refractivity contribution >= 4 is 46.0 Å². The molecule has 0 spiro atoms. The lowest BCUT2D eigenvalue weighted by Crippen LogP contribution is -2.33. The Hall–Kier alpha value is -2.51. The number of anilines is 1. The van der Waals surface area contributed by atoms with E-state index in [0.717, 1.165) is 11.3 Å². The maximum Gasteiger partial charge on any atom is 0.285 e. The highest BCUT2D eigenvalue weighted by Crippen LogP contribution is 2.37. The third kappa shape index (κ3) is 3.62. The van der Waals surface area contributed by atoms with Crippen LogP contribution in [-0.2, 0) is 4.79 Å². The first-order chi connectivity index (χ1) is 12.1. The number of nitrogens with zero attached hydrogens (tertiary/aromatic N) is 1. The van der Waals surface area contributed by atoms with Gasteiger partial charge in [0.25, 0.3) is 5.91 Å². The van der Waals surface area contributed by atoms with Crippen molar-refractivity contribution in [1.29, 1.82) is 0 Å². The highest BCUT2D eigenvalue weighted by Gasteiger charge is 2.32. The first-order valence-corrected chi connectivity index (χ1v) is 8.67. The number of thioether (sulfide) groups is 1. The third-order valence-electron chi connectivity index (χ3n) is 3.53. The zero-order chi connectivity index (χ0) is 17.8. The zero-order valence-corrected chi connectivity index (χ0v) is 15.3. The fourth-order valence-electron chi connectivity index (χ4n) is 2.37. The van der Waals surface area contributed by atoms with Crippen molar-refractivity contribution in [2.75, 3.05) is 19.6 Å². The Balaban J connectivity index is 1.88. The molecule has 2 aromatic carbocycles. The van der Waals surface area contributed by atoms with Gasteiger partial charge in [0, 0.05) is 5.56 Å². The lowest BCUT2D eigenvalue weighted by atomic mass is 10.1. The summed E-state index contributed by atoms with van der Waals surface area (Å²) in [7, 11) is 3.14. The van der Waals surface area contributed by atoms with Crippen molar-refractivity contribution in [2.45, 2.75) is 0 Å². The molecule has 0 atom stereocenters. The molecule has 1 heterocycles. The van der Waals surface area contributed by atoms with E-state index in [2.05, 4.69) is 5.43 Å². The van der Waals surface area contributed by atoms with E-state index in [-0.39, 0.29) is 5.91 Å². The number of ether oxygens (including phenoxy) is 2. The van der Waals surface area contributed by atoms with E-state index in [1.165, 1.54) is 16.8 Å². The van der Waals surface area contributed by atoms with Crippen molar-refractivity contribution < 1.29 is 14.3 Å². The van der Waals surface area contributed by atoms with Crippen molar-refractivity contribution in [2.24, 2.45) is 0 Å². The highest BCUT2D eigenvalue weighted by atomic mass is 32.2. The first-order valence-electron chi connectivity index (χ1n) is 7.44. The molecular weight excluding hydrogens is 356 g/mol. The predicted molar refractivity (Wildman–Crippen MR) is 105 cm³/mol. The average Bonchev–Trinajstić information content (AvgIpc) is 2.90. The number of hydrazine groups is 1. The zero-order valence-electron chi connectivity index (χ0n) is 13.7. The molecule has 1 saturated heterocycles. The molecule has 1 N–H and O–H groups in total. The second-order valence-electron chi connectivity index (χ2n) is 5.08. The van der Waals surface area contributed by atoms with Gasteiger partial charge >= 0.3 is 0 Å². The van der Waals surface area contributed by atoms with Crippen LogP contribution in [0.25, 0.3) is 6.08 Å². The van der Waals surface area contributed by atoms with Gasteiger partial charge in [0.05, 0.1) is 24.8 Å². The molecular formula is C18H16N2O3S2. The number of para-hydroxylation sites is 2. The first kappa shape index (κ1) is 17.3. The molecule has 0 aliphatic carbocycles. The van der Waals surface area contributed by atoms with Crippen molar-refractivity contribution in [1.82, 2.24) is 5.01 Å². The number of nitrogens with one attached hydrogen (secondary N) is 1. The third-order valence-corrected chi connectivity index (χ3v) is 4.83. The van der Waals surface area contributed by atoms with Crippen molar-refractivity contribution in [3.8, 4) is 11.5 Å². The summed E-state index contributed by atoms with van der Waals surface area (Å²) in [5.41, 5.74) is 4.57. The second kappa shape index (κ2) is 7.58. The minimum atomic E-state index is -0.205. The molecule has 0 saturated carbocycles. The number of amides is 1. The van der Waals surface area contributed by atoms with Gasteiger partial charge in [-0.05, 0) is 36.5 Å². The summed E-state index contributed by atoms with van der Waals surface area (Å²) in [5.74, 6) is 0.976. The molecule has 5 nitrogen and oxygen atoms in total. The molecule has 128 valence electrons. The van der Waals surface area contributed by atoms with Gasteiger partial charge in [-0.3, -0.25) is 10.2 Å². The molecule has 1 fully saturated rings. The quantitative estimate of drug-likeness (QED) is 0.634. The SMILES string of the molecule is COc1cccc(/C=C2\SC(=S)N(Nc3ccccc3)C2=O)c1OC. The second-order valence-corrected chi connectivity index (χ2v) is 6.75. The number of carbonyl (C=O) groups is 1. The number of benzene rings is 2. The van der Waals surface area contributed by atoms with Gasteiger partial charge in [-0.1, -0.05) is 42.1 Å². The van der Waals surface area contributed by atoms with Crippen LogP contribution in [0.4, 0.5) is 5.69 Å². The summed E-state index contributed by atoms with van der Waals surface area (Å²) in [6.45, 7) is 0. The Bertz CT molecular complexity index is 837. The Labute approximate surface area is 155 Å². The number of hydrogen-bond acceptors (Lipinski definition) is 6. The topological polar surface area (TPSA) is 50.8 Å². The van der Waals surface area contributed by atoms with Crippen LogP contribution < -0.4 is 14.9 Å². The van der Waals surface area contributed by atoms with Gasteiger partial charge in [-0.15, -0.1) is 0 Å². The van der Waals surface area contributed by atoms with Crippen LogP contribution in [0.3, 0.4) is 0 Å². The summed E-state index contributed by atoms with van der Waals surface area (Å²) in [4.78, 5) is 13.2. The van der Waals surface area contributed by atoms with Gasteiger partial charge in [-0.25, -0.2) is 5.01 Å². The van der Waals surface area contributed by atoms with Gasteiger partial charge in [-0.2, -0.15) is 0 Å². The maximum atomic E-state index is 12.7. The molecule has 0 unspecified atom stereocenters. The minimum absolute atomic E-state index is 0.205. The summed E-state index contributed by atoms with van der Waals surface area (Å²) in [6.07, 6.45) is 1.76. The van der Waals surface area contributed by atoms with Crippen LogP contribution in [0.5, 0.6) is 11.5 Å². The molecule has 0 bridgehead atoms. The summed E-state index contributed by atoms with van der Waals surface area (Å²) >= 11 is 6.57. The van der Waals surface area contributed by atoms with Crippen LogP contribution in [0.15, 0.2) is 53.4 Å². The standard InChI is InChI=1S/C18H16N2O3S2/c1-22-14-10-6-7-12(16(14)23-2)11-15-17(21)20(18(24)25-15)19-13-8-4-3-5-9-13/h3-11,19H,1-2H3/b15-11-. The fraction of sp³-hybridized carbons (Fsp3) is 0.111. The van der Waals surface area contributed by atoms with Crippen LogP contribution in [0, 0.1) is 0 Å². The summed E-state index contributed by atoms with van der Waals surface area (Å²) in [6, 6.07) is 14.9. The lowest BCUT2D eigenvalue weighted by Gasteiger charge is -2.16. The monoisotopic (exact) mass is 372 g/mol. The smallest absolute Gasteiger partial charge is 0.285 e. The molecule has 0 aromatic heterocycles. The molecule has 25 heavy (non-hydrogen) atoms. The van der Waals surface area contributed by atoms with E-state index in [4.69, 9.17) is 21.7 Å². The number of hydrogen-bond donors (Lipinski definition) is 1.